The molecule has 1 aromatic carbocycles. The van der Waals surface area contributed by atoms with Crippen LogP contribution in [0.4, 0.5) is 0 Å². The fourth-order valence-corrected chi connectivity index (χ4v) is 4.63. The molecule has 3 saturated heterocycles. The Morgan fingerprint density at radius 3 is 2.85 bits per heavy atom. The molecule has 1 aromatic rings. The van der Waals surface area contributed by atoms with Crippen molar-refractivity contribution in [3.05, 3.63) is 29.8 Å². The number of benzene rings is 1. The molecule has 3 aliphatic heterocycles. The van der Waals surface area contributed by atoms with Crippen LogP contribution in [0, 0.1) is 5.41 Å². The molecule has 1 spiro atoms. The van der Waals surface area contributed by atoms with E-state index in [0.29, 0.717) is 19.6 Å². The summed E-state index contributed by atoms with van der Waals surface area (Å²) in [5.74, 6) is 1.17. The predicted octanol–water partition coefficient (Wildman–Crippen LogP) is 2.22. The van der Waals surface area contributed by atoms with Crippen LogP contribution >= 0.6 is 0 Å². The zero-order valence-electron chi connectivity index (χ0n) is 16.0. The van der Waals surface area contributed by atoms with Gasteiger partial charge in [0.15, 0.2) is 0 Å². The maximum atomic E-state index is 12.6. The summed E-state index contributed by atoms with van der Waals surface area (Å²) in [5.41, 5.74) is 1.11. The van der Waals surface area contributed by atoms with Crippen molar-refractivity contribution >= 4 is 11.8 Å². The molecule has 0 radical (unpaired) electrons. The van der Waals surface area contributed by atoms with Crippen LogP contribution in [-0.4, -0.2) is 61.1 Å². The Labute approximate surface area is 160 Å². The van der Waals surface area contributed by atoms with Gasteiger partial charge in [-0.05, 0) is 43.4 Å². The maximum Gasteiger partial charge on any atom is 0.251 e. The third-order valence-corrected chi connectivity index (χ3v) is 6.25. The summed E-state index contributed by atoms with van der Waals surface area (Å²) in [6.45, 7) is 3.57. The van der Waals surface area contributed by atoms with E-state index in [-0.39, 0.29) is 23.3 Å². The first-order chi connectivity index (χ1) is 13.1. The molecular formula is C21H28N2O4. The molecule has 27 heavy (non-hydrogen) atoms. The number of piperidine rings is 1. The Kier molecular flexibility index (Phi) is 5.08. The van der Waals surface area contributed by atoms with Gasteiger partial charge < -0.3 is 19.3 Å². The molecule has 6 heteroatoms. The van der Waals surface area contributed by atoms with Gasteiger partial charge in [0.05, 0.1) is 7.11 Å². The molecule has 3 heterocycles. The largest absolute Gasteiger partial charge is 0.497 e. The Morgan fingerprint density at radius 1 is 1.33 bits per heavy atom. The highest BCUT2D eigenvalue weighted by Gasteiger charge is 2.46. The van der Waals surface area contributed by atoms with Gasteiger partial charge in [-0.25, -0.2) is 0 Å². The van der Waals surface area contributed by atoms with Crippen LogP contribution in [0.5, 0.6) is 5.75 Å². The number of hydrogen-bond donors (Lipinski definition) is 0. The van der Waals surface area contributed by atoms with Gasteiger partial charge in [-0.1, -0.05) is 12.1 Å². The van der Waals surface area contributed by atoms with Crippen LogP contribution in [0.2, 0.25) is 0 Å². The van der Waals surface area contributed by atoms with Crippen molar-refractivity contribution in [2.45, 2.75) is 44.8 Å². The van der Waals surface area contributed by atoms with Crippen molar-refractivity contribution in [2.75, 3.05) is 33.4 Å². The van der Waals surface area contributed by atoms with Crippen molar-refractivity contribution in [1.82, 2.24) is 9.80 Å². The minimum atomic E-state index is -0.242. The van der Waals surface area contributed by atoms with E-state index in [4.69, 9.17) is 9.47 Å². The number of carbonyl (C=O) groups excluding carboxylic acids is 2. The van der Waals surface area contributed by atoms with E-state index >= 15 is 0 Å². The van der Waals surface area contributed by atoms with E-state index in [1.807, 2.05) is 34.1 Å². The topological polar surface area (TPSA) is 59.1 Å². The van der Waals surface area contributed by atoms with Crippen molar-refractivity contribution in [3.63, 3.8) is 0 Å². The van der Waals surface area contributed by atoms with E-state index in [9.17, 15) is 9.59 Å². The van der Waals surface area contributed by atoms with Crippen LogP contribution < -0.4 is 4.74 Å². The molecule has 1 unspecified atom stereocenters. The minimum absolute atomic E-state index is 0.0171. The van der Waals surface area contributed by atoms with Gasteiger partial charge in [-0.15, -0.1) is 0 Å². The fourth-order valence-electron chi connectivity index (χ4n) is 4.63. The van der Waals surface area contributed by atoms with Crippen molar-refractivity contribution in [2.24, 2.45) is 5.41 Å². The smallest absolute Gasteiger partial charge is 0.251 e. The maximum absolute atomic E-state index is 12.6. The monoisotopic (exact) mass is 372 g/mol. The number of nitrogens with zero attached hydrogens (tertiary/aromatic N) is 2. The van der Waals surface area contributed by atoms with Crippen LogP contribution in [-0.2, 0) is 20.9 Å². The summed E-state index contributed by atoms with van der Waals surface area (Å²) in [6, 6.07) is 7.89. The van der Waals surface area contributed by atoms with E-state index in [2.05, 4.69) is 0 Å². The van der Waals surface area contributed by atoms with Gasteiger partial charge >= 0.3 is 0 Å². The average molecular weight is 372 g/mol. The number of methoxy groups -OCH3 is 1. The Hall–Kier alpha value is -2.08. The summed E-state index contributed by atoms with van der Waals surface area (Å²) in [6.07, 6.45) is 3.96. The Balaban J connectivity index is 1.35. The molecule has 4 rings (SSSR count). The highest BCUT2D eigenvalue weighted by molar-refractivity contribution is 5.82. The fraction of sp³-hybridized carbons (Fsp3) is 0.619. The Morgan fingerprint density at radius 2 is 2.15 bits per heavy atom. The predicted molar refractivity (Wildman–Crippen MR) is 100 cm³/mol. The van der Waals surface area contributed by atoms with Crippen molar-refractivity contribution in [3.8, 4) is 5.75 Å². The SMILES string of the molecule is COc1cccc(CN2CC3(CCN(C(=O)C4CCCO4)CC3)CC2=O)c1. The lowest BCUT2D eigenvalue weighted by Gasteiger charge is -2.39. The molecule has 0 saturated carbocycles. The summed E-state index contributed by atoms with van der Waals surface area (Å²) in [7, 11) is 1.65. The second kappa shape index (κ2) is 7.50. The molecule has 1 atom stereocenters. The molecule has 6 nitrogen and oxygen atoms in total. The standard InChI is InChI=1S/C21H28N2O4/c1-26-17-5-2-4-16(12-17)14-23-15-21(13-19(23)24)7-9-22(10-8-21)20(25)18-6-3-11-27-18/h2,4-5,12,18H,3,6-11,13-15H2,1H3. The van der Waals surface area contributed by atoms with Crippen molar-refractivity contribution in [1.29, 1.82) is 0 Å². The lowest BCUT2D eigenvalue weighted by molar-refractivity contribution is -0.143. The highest BCUT2D eigenvalue weighted by Crippen LogP contribution is 2.41. The van der Waals surface area contributed by atoms with E-state index in [1.54, 1.807) is 7.11 Å². The first kappa shape index (κ1) is 18.3. The van der Waals surface area contributed by atoms with E-state index in [0.717, 1.165) is 56.6 Å². The number of likely N-dealkylation sites (tertiary alicyclic amines) is 2. The zero-order valence-corrected chi connectivity index (χ0v) is 16.0. The highest BCUT2D eigenvalue weighted by atomic mass is 16.5. The summed E-state index contributed by atoms with van der Waals surface area (Å²) in [4.78, 5) is 29.1. The number of amides is 2. The van der Waals surface area contributed by atoms with E-state index < -0.39 is 0 Å². The average Bonchev–Trinajstić information content (AvgIpc) is 3.31. The number of rotatable bonds is 4. The molecule has 0 bridgehead atoms. The minimum Gasteiger partial charge on any atom is -0.497 e. The van der Waals surface area contributed by atoms with Gasteiger partial charge in [0.2, 0.25) is 5.91 Å². The molecule has 146 valence electrons. The number of ether oxygens (including phenoxy) is 2. The molecule has 0 N–H and O–H groups in total. The number of hydrogen-bond acceptors (Lipinski definition) is 4. The van der Waals surface area contributed by atoms with Gasteiger partial charge in [-0.2, -0.15) is 0 Å². The molecule has 0 aromatic heterocycles. The van der Waals surface area contributed by atoms with E-state index in [1.165, 1.54) is 0 Å². The quantitative estimate of drug-likeness (QED) is 0.813. The zero-order chi connectivity index (χ0) is 18.9. The van der Waals surface area contributed by atoms with Crippen LogP contribution in [0.1, 0.15) is 37.7 Å². The summed E-state index contributed by atoms with van der Waals surface area (Å²) >= 11 is 0. The molecule has 3 aliphatic rings. The lowest BCUT2D eigenvalue weighted by atomic mass is 9.77. The lowest BCUT2D eigenvalue weighted by Crippen LogP contribution is -2.47. The van der Waals surface area contributed by atoms with Gasteiger partial charge in [0, 0.05) is 44.6 Å². The molecule has 0 aliphatic carbocycles. The molecule has 2 amide bonds. The third kappa shape index (κ3) is 3.81. The third-order valence-electron chi connectivity index (χ3n) is 6.25. The van der Waals surface area contributed by atoms with Crippen molar-refractivity contribution < 1.29 is 19.1 Å². The second-order valence-corrected chi connectivity index (χ2v) is 8.11. The van der Waals surface area contributed by atoms with Gasteiger partial charge in [0.25, 0.3) is 5.91 Å². The number of carbonyl (C=O) groups is 2. The van der Waals surface area contributed by atoms with Crippen LogP contribution in [0.3, 0.4) is 0 Å². The Bertz CT molecular complexity index is 706. The summed E-state index contributed by atoms with van der Waals surface area (Å²) < 4.78 is 10.8. The van der Waals surface area contributed by atoms with Gasteiger partial charge in [-0.3, -0.25) is 9.59 Å². The first-order valence-corrected chi connectivity index (χ1v) is 9.90. The summed E-state index contributed by atoms with van der Waals surface area (Å²) in [5, 5.41) is 0. The first-order valence-electron chi connectivity index (χ1n) is 9.90. The molecule has 3 fully saturated rings. The van der Waals surface area contributed by atoms with Crippen LogP contribution in [0.25, 0.3) is 0 Å². The van der Waals surface area contributed by atoms with Gasteiger partial charge in [0.1, 0.15) is 11.9 Å². The second-order valence-electron chi connectivity index (χ2n) is 8.11. The molecular weight excluding hydrogens is 344 g/mol. The van der Waals surface area contributed by atoms with Crippen LogP contribution in [0.15, 0.2) is 24.3 Å². The normalized spacial score (nSPS) is 24.6.